The Balaban J connectivity index is 4.80. The van der Waals surface area contributed by atoms with E-state index in [-0.39, 0.29) is 32.1 Å². The first kappa shape index (κ1) is 58.5. The molecule has 61 heavy (non-hydrogen) atoms. The molecule has 0 spiro atoms. The number of ether oxygens (including phenoxy) is 2. The first-order valence-corrected chi connectivity index (χ1v) is 24.8. The lowest BCUT2D eigenvalue weighted by molar-refractivity contribution is -0.161. The van der Waals surface area contributed by atoms with Crippen LogP contribution in [0.5, 0.6) is 0 Å². The molecule has 15 nitrogen and oxygen atoms in total. The van der Waals surface area contributed by atoms with Crippen LogP contribution in [-0.2, 0) is 41.8 Å². The Hall–Kier alpha value is -2.52. The van der Waals surface area contributed by atoms with Gasteiger partial charge in [-0.2, -0.15) is 0 Å². The second-order valence-electron chi connectivity index (χ2n) is 14.5. The number of aliphatic hydroxyl groups is 3. The minimum Gasteiger partial charge on any atom is -0.462 e. The molecule has 0 bridgehead atoms. The summed E-state index contributed by atoms with van der Waals surface area (Å²) in [4.78, 5) is 52.7. The molecule has 0 aromatic carbocycles. The number of phosphoric acid groups is 2. The molecule has 352 valence electrons. The summed E-state index contributed by atoms with van der Waals surface area (Å²) < 4.78 is 47.5. The van der Waals surface area contributed by atoms with Crippen LogP contribution in [-0.4, -0.2) is 92.8 Å². The fourth-order valence-corrected chi connectivity index (χ4v) is 6.50. The molecule has 1 unspecified atom stereocenters. The summed E-state index contributed by atoms with van der Waals surface area (Å²) in [5, 5.41) is 30.5. The number of hydrogen-bond acceptors (Lipinski definition) is 12. The van der Waals surface area contributed by atoms with E-state index in [4.69, 9.17) is 23.8 Å². The van der Waals surface area contributed by atoms with E-state index in [1.54, 1.807) is 6.08 Å². The number of rotatable bonds is 40. The van der Waals surface area contributed by atoms with Crippen LogP contribution in [0.15, 0.2) is 72.9 Å². The van der Waals surface area contributed by atoms with Gasteiger partial charge in [0.15, 0.2) is 6.10 Å². The van der Waals surface area contributed by atoms with E-state index < -0.39 is 78.4 Å². The Morgan fingerprint density at radius 1 is 0.541 bits per heavy atom. The molecule has 6 N–H and O–H groups in total. The molecule has 0 saturated carbocycles. The quantitative estimate of drug-likeness (QED) is 0.0146. The molecule has 5 atom stereocenters. The summed E-state index contributed by atoms with van der Waals surface area (Å²) in [6.45, 7) is 1.25. The van der Waals surface area contributed by atoms with Gasteiger partial charge in [0.2, 0.25) is 0 Å². The van der Waals surface area contributed by atoms with Gasteiger partial charge < -0.3 is 39.5 Å². The molecule has 0 amide bonds. The van der Waals surface area contributed by atoms with Crippen molar-refractivity contribution in [3.05, 3.63) is 72.9 Å². The van der Waals surface area contributed by atoms with Gasteiger partial charge >= 0.3 is 27.6 Å². The minimum absolute atomic E-state index is 0.0846. The molecule has 0 aromatic heterocycles. The maximum absolute atomic E-state index is 12.7. The molecule has 0 radical (unpaired) electrons. The predicted octanol–water partition coefficient (Wildman–Crippen LogP) is 8.95. The molecule has 0 rings (SSSR count). The molecule has 0 saturated heterocycles. The molecule has 0 aliphatic heterocycles. The monoisotopic (exact) mass is 906 g/mol. The lowest BCUT2D eigenvalue weighted by Gasteiger charge is -2.21. The number of esters is 2. The van der Waals surface area contributed by atoms with Gasteiger partial charge in [0.25, 0.3) is 0 Å². The normalized spacial score (nSPS) is 15.7. The van der Waals surface area contributed by atoms with Crippen LogP contribution in [0, 0.1) is 0 Å². The summed E-state index contributed by atoms with van der Waals surface area (Å²) in [7, 11) is -9.80. The van der Waals surface area contributed by atoms with Crippen LogP contribution in [0.3, 0.4) is 0 Å². The minimum atomic E-state index is -4.90. The van der Waals surface area contributed by atoms with Gasteiger partial charge in [0, 0.05) is 12.8 Å². The highest BCUT2D eigenvalue weighted by Gasteiger charge is 2.28. The van der Waals surface area contributed by atoms with Gasteiger partial charge in [-0.15, -0.1) is 0 Å². The largest absolute Gasteiger partial charge is 0.472 e. The third kappa shape index (κ3) is 41.3. The fourth-order valence-electron chi connectivity index (χ4n) is 5.35. The Bertz CT molecular complexity index is 1390. The zero-order chi connectivity index (χ0) is 45.5. The first-order chi connectivity index (χ1) is 29.2. The highest BCUT2D eigenvalue weighted by atomic mass is 31.2. The number of aliphatic hydroxyl groups excluding tert-OH is 3. The van der Waals surface area contributed by atoms with Crippen LogP contribution >= 0.6 is 15.6 Å². The third-order valence-corrected chi connectivity index (χ3v) is 10.2. The summed E-state index contributed by atoms with van der Waals surface area (Å²) in [5.74, 6) is -1.34. The van der Waals surface area contributed by atoms with Crippen molar-refractivity contribution in [3.8, 4) is 0 Å². The molecule has 0 aliphatic carbocycles. The van der Waals surface area contributed by atoms with Gasteiger partial charge in [0.1, 0.15) is 12.7 Å². The molecule has 0 fully saturated rings. The molecule has 0 aliphatic rings. The number of phosphoric ester groups is 2. The SMILES string of the molecule is CC/C=C\C/C=C\C/C=C\C/C=C\C[C@@H](O)[C@H](O)CCCC(=O)O[C@H](COC(=O)CCCCCCC/C=C\C/C=C\CCCCC)COP(=O)(O)OC[C@@H](O)COP(=O)(O)O. The molecule has 0 heterocycles. The van der Waals surface area contributed by atoms with Crippen molar-refractivity contribution in [2.45, 2.75) is 167 Å². The van der Waals surface area contributed by atoms with Crippen LogP contribution in [0.25, 0.3) is 0 Å². The first-order valence-electron chi connectivity index (χ1n) is 21.8. The van der Waals surface area contributed by atoms with E-state index in [0.29, 0.717) is 12.8 Å². The number of allylic oxidation sites excluding steroid dienone is 11. The van der Waals surface area contributed by atoms with E-state index in [2.05, 4.69) is 71.5 Å². The highest BCUT2D eigenvalue weighted by Crippen LogP contribution is 2.43. The summed E-state index contributed by atoms with van der Waals surface area (Å²) in [6, 6.07) is 0. The molecular weight excluding hydrogens is 830 g/mol. The summed E-state index contributed by atoms with van der Waals surface area (Å²) in [5.41, 5.74) is 0. The van der Waals surface area contributed by atoms with Crippen LogP contribution in [0.4, 0.5) is 0 Å². The van der Waals surface area contributed by atoms with Gasteiger partial charge in [-0.1, -0.05) is 119 Å². The number of hydrogen-bond donors (Lipinski definition) is 6. The Morgan fingerprint density at radius 3 is 1.66 bits per heavy atom. The van der Waals surface area contributed by atoms with Crippen molar-refractivity contribution in [2.75, 3.05) is 26.4 Å². The smallest absolute Gasteiger partial charge is 0.462 e. The van der Waals surface area contributed by atoms with Gasteiger partial charge in [-0.05, 0) is 83.5 Å². The maximum Gasteiger partial charge on any atom is 0.472 e. The number of unbranched alkanes of at least 4 members (excludes halogenated alkanes) is 8. The predicted molar refractivity (Wildman–Crippen MR) is 237 cm³/mol. The van der Waals surface area contributed by atoms with E-state index >= 15 is 0 Å². The van der Waals surface area contributed by atoms with Crippen LogP contribution in [0.2, 0.25) is 0 Å². The third-order valence-electron chi connectivity index (χ3n) is 8.77. The van der Waals surface area contributed by atoms with E-state index in [1.807, 2.05) is 18.2 Å². The molecular formula is C44H76O15P2. The summed E-state index contributed by atoms with van der Waals surface area (Å²) >= 11 is 0. The van der Waals surface area contributed by atoms with Crippen molar-refractivity contribution in [1.82, 2.24) is 0 Å². The van der Waals surface area contributed by atoms with E-state index in [9.17, 15) is 38.9 Å². The lowest BCUT2D eigenvalue weighted by Crippen LogP contribution is -2.30. The topological polar surface area (TPSA) is 236 Å². The molecule has 17 heteroatoms. The van der Waals surface area contributed by atoms with Crippen molar-refractivity contribution < 1.29 is 71.8 Å². The zero-order valence-electron chi connectivity index (χ0n) is 36.5. The zero-order valence-corrected chi connectivity index (χ0v) is 38.2. The van der Waals surface area contributed by atoms with Gasteiger partial charge in [-0.3, -0.25) is 23.2 Å². The van der Waals surface area contributed by atoms with E-state index in [1.165, 1.54) is 19.3 Å². The lowest BCUT2D eigenvalue weighted by atomic mass is 10.0. The van der Waals surface area contributed by atoms with Gasteiger partial charge in [0.05, 0.1) is 32.0 Å². The van der Waals surface area contributed by atoms with Crippen molar-refractivity contribution in [3.63, 3.8) is 0 Å². The fraction of sp³-hybridized carbons (Fsp3) is 0.682. The Labute approximate surface area is 364 Å². The van der Waals surface area contributed by atoms with Crippen molar-refractivity contribution in [1.29, 1.82) is 0 Å². The van der Waals surface area contributed by atoms with Gasteiger partial charge in [-0.25, -0.2) is 9.13 Å². The highest BCUT2D eigenvalue weighted by molar-refractivity contribution is 7.47. The second-order valence-corrected chi connectivity index (χ2v) is 17.2. The number of carbonyl (C=O) groups excluding carboxylic acids is 2. The second kappa shape index (κ2) is 39.1. The average molecular weight is 907 g/mol. The van der Waals surface area contributed by atoms with Crippen LogP contribution in [0.1, 0.15) is 142 Å². The standard InChI is InChI=1S/C44H76O15P2/c1-3-5-7-9-11-13-15-17-18-19-21-23-25-27-29-33-43(48)55-37-40(38-58-61(53,54)57-36-39(45)35-56-60(50,51)52)59-44(49)34-30-32-42(47)41(46)31-28-26-24-22-20-16-14-12-10-8-6-4-2/h6,8,11-14,17-18,20,22,26,28,39-42,45-47H,3-5,7,9-10,15-16,19,21,23-25,27,29-38H2,1-2H3,(H,53,54)(H2,50,51,52)/b8-6-,13-11-,14-12-,18-17-,22-20-,28-26-/t39-,40+,41+,42+/m0/s1. The number of carbonyl (C=O) groups is 2. The van der Waals surface area contributed by atoms with Crippen LogP contribution < -0.4 is 0 Å². The Morgan fingerprint density at radius 2 is 1.05 bits per heavy atom. The summed E-state index contributed by atoms with van der Waals surface area (Å²) in [6.07, 6.45) is 34.9. The maximum atomic E-state index is 12.7. The van der Waals surface area contributed by atoms with Crippen molar-refractivity contribution >= 4 is 27.6 Å². The van der Waals surface area contributed by atoms with Crippen molar-refractivity contribution in [2.24, 2.45) is 0 Å². The average Bonchev–Trinajstić information content (AvgIpc) is 3.21. The molecule has 0 aromatic rings. The van der Waals surface area contributed by atoms with E-state index in [0.717, 1.165) is 64.2 Å². The Kier molecular flexibility index (Phi) is 37.5.